The maximum absolute atomic E-state index is 13.0. The molecule has 172 valence electrons. The molecule has 0 aliphatic carbocycles. The lowest BCUT2D eigenvalue weighted by Crippen LogP contribution is -2.34. The van der Waals surface area contributed by atoms with Crippen molar-refractivity contribution >= 4 is 55.6 Å². The van der Waals surface area contributed by atoms with Crippen LogP contribution in [0, 0.1) is 0 Å². The van der Waals surface area contributed by atoms with E-state index in [0.717, 1.165) is 45.9 Å². The van der Waals surface area contributed by atoms with Gasteiger partial charge in [0.1, 0.15) is 0 Å². The third kappa shape index (κ3) is 2.84. The molecule has 1 aliphatic heterocycles. The second-order valence-corrected chi connectivity index (χ2v) is 8.84. The predicted octanol–water partition coefficient (Wildman–Crippen LogP) is 4.44. The Kier molecular flexibility index (Phi) is 4.72. The van der Waals surface area contributed by atoms with E-state index in [0.29, 0.717) is 35.0 Å². The van der Waals surface area contributed by atoms with Gasteiger partial charge in [-0.05, 0) is 25.2 Å². The number of hydrogen-bond acceptors (Lipinski definition) is 5. The molecule has 0 saturated carbocycles. The summed E-state index contributed by atoms with van der Waals surface area (Å²) in [5.74, 6) is -1.24. The van der Waals surface area contributed by atoms with Crippen LogP contribution in [0.4, 0.5) is 0 Å². The number of hydrogen-bond donors (Lipinski definition) is 2. The van der Waals surface area contributed by atoms with Crippen molar-refractivity contribution in [1.29, 1.82) is 0 Å². The van der Waals surface area contributed by atoms with Crippen molar-refractivity contribution < 1.29 is 19.4 Å². The van der Waals surface area contributed by atoms with Gasteiger partial charge in [-0.15, -0.1) is 0 Å². The summed E-state index contributed by atoms with van der Waals surface area (Å²) >= 11 is 0. The van der Waals surface area contributed by atoms with Crippen molar-refractivity contribution in [2.24, 2.45) is 0 Å². The second kappa shape index (κ2) is 7.68. The molecule has 2 aromatic heterocycles. The van der Waals surface area contributed by atoms with Crippen LogP contribution in [0.2, 0.25) is 0 Å². The summed E-state index contributed by atoms with van der Waals surface area (Å²) in [6.45, 7) is 6.77. The average molecular weight is 456 g/mol. The standard InChI is InChI=1S/C27H25N3O4/c1-3-29(4-2)13-15(31)14-30-19-12-8-6-10-17(19)21-23-22(26(32)34-27(23)33)20-16-9-5-7-11-18(16)28-24(20)25(21)30/h5-12,15,28,31H,3-4,13-14H2,1-2H3. The minimum atomic E-state index is -0.622. The molecule has 2 N–H and O–H groups in total. The second-order valence-electron chi connectivity index (χ2n) is 8.84. The Morgan fingerprint density at radius 1 is 0.941 bits per heavy atom. The van der Waals surface area contributed by atoms with Crippen molar-refractivity contribution in [3.05, 3.63) is 59.7 Å². The number of H-pyrrole nitrogens is 1. The van der Waals surface area contributed by atoms with Gasteiger partial charge in [-0.2, -0.15) is 0 Å². The molecule has 34 heavy (non-hydrogen) atoms. The molecule has 1 atom stereocenters. The number of aromatic amines is 1. The first-order chi connectivity index (χ1) is 16.5. The Labute approximate surface area is 195 Å². The van der Waals surface area contributed by atoms with Gasteiger partial charge in [0.15, 0.2) is 0 Å². The predicted molar refractivity (Wildman–Crippen MR) is 132 cm³/mol. The highest BCUT2D eigenvalue weighted by atomic mass is 16.6. The Morgan fingerprint density at radius 3 is 2.32 bits per heavy atom. The van der Waals surface area contributed by atoms with E-state index in [1.165, 1.54) is 0 Å². The smallest absolute Gasteiger partial charge is 0.347 e. The normalized spacial score (nSPS) is 14.7. The SMILES string of the molecule is CCN(CC)CC(O)Cn1c2ccccc2c2c3c(c4c5ccccc5[nH]c4c21)C(=O)OC3=O. The number of para-hydroxylation sites is 2. The number of likely N-dealkylation sites (N-methyl/N-ethyl adjacent to an activating group) is 1. The molecule has 7 heteroatoms. The first-order valence-corrected chi connectivity index (χ1v) is 11.7. The Morgan fingerprint density at radius 2 is 1.59 bits per heavy atom. The van der Waals surface area contributed by atoms with Gasteiger partial charge >= 0.3 is 11.9 Å². The number of aliphatic hydroxyl groups is 1. The first kappa shape index (κ1) is 20.9. The maximum atomic E-state index is 13.0. The number of rotatable bonds is 6. The summed E-state index contributed by atoms with van der Waals surface area (Å²) in [6.07, 6.45) is -0.611. The van der Waals surface area contributed by atoms with E-state index in [1.54, 1.807) is 0 Å². The van der Waals surface area contributed by atoms with Crippen LogP contribution in [-0.2, 0) is 11.3 Å². The van der Waals surface area contributed by atoms with Gasteiger partial charge in [-0.1, -0.05) is 50.2 Å². The summed E-state index contributed by atoms with van der Waals surface area (Å²) in [4.78, 5) is 31.5. The Bertz CT molecular complexity index is 1620. The zero-order valence-electron chi connectivity index (χ0n) is 19.1. The highest BCUT2D eigenvalue weighted by Crippen LogP contribution is 2.44. The number of aromatic nitrogens is 2. The fourth-order valence-electron chi connectivity index (χ4n) is 5.48. The van der Waals surface area contributed by atoms with Crippen molar-refractivity contribution in [2.45, 2.75) is 26.5 Å². The number of nitrogens with one attached hydrogen (secondary N) is 1. The lowest BCUT2D eigenvalue weighted by atomic mass is 9.97. The number of nitrogens with zero attached hydrogens (tertiary/aromatic N) is 2. The zero-order chi connectivity index (χ0) is 23.6. The lowest BCUT2D eigenvalue weighted by molar-refractivity contribution is 0.0445. The highest BCUT2D eigenvalue weighted by molar-refractivity contribution is 6.36. The van der Waals surface area contributed by atoms with Gasteiger partial charge in [0, 0.05) is 39.1 Å². The molecule has 3 aromatic carbocycles. The molecule has 1 aliphatic rings. The summed E-state index contributed by atoms with van der Waals surface area (Å²) in [7, 11) is 0. The Balaban J connectivity index is 1.74. The van der Waals surface area contributed by atoms with Crippen molar-refractivity contribution in [3.63, 3.8) is 0 Å². The van der Waals surface area contributed by atoms with Crippen LogP contribution >= 0.6 is 0 Å². The molecule has 0 amide bonds. The number of carbonyl (C=O) groups excluding carboxylic acids is 2. The monoisotopic (exact) mass is 455 g/mol. The third-order valence-electron chi connectivity index (χ3n) is 7.01. The van der Waals surface area contributed by atoms with Gasteiger partial charge in [-0.3, -0.25) is 0 Å². The van der Waals surface area contributed by atoms with E-state index in [-0.39, 0.29) is 0 Å². The van der Waals surface area contributed by atoms with E-state index in [4.69, 9.17) is 4.74 Å². The van der Waals surface area contributed by atoms with Crippen LogP contribution in [-0.4, -0.2) is 57.2 Å². The summed E-state index contributed by atoms with van der Waals surface area (Å²) in [5, 5.41) is 14.2. The molecular formula is C27H25N3O4. The zero-order valence-corrected chi connectivity index (χ0v) is 19.1. The number of esters is 2. The quantitative estimate of drug-likeness (QED) is 0.292. The molecule has 0 fully saturated rings. The minimum absolute atomic E-state index is 0.311. The van der Waals surface area contributed by atoms with E-state index >= 15 is 0 Å². The Hall–Kier alpha value is -3.68. The number of carbonyl (C=O) groups is 2. The summed E-state index contributed by atoms with van der Waals surface area (Å²) in [5.41, 5.74) is 3.97. The van der Waals surface area contributed by atoms with E-state index < -0.39 is 18.0 Å². The molecule has 0 radical (unpaired) electrons. The molecule has 0 saturated heterocycles. The highest BCUT2D eigenvalue weighted by Gasteiger charge is 2.38. The third-order valence-corrected chi connectivity index (χ3v) is 7.01. The summed E-state index contributed by atoms with van der Waals surface area (Å²) in [6, 6.07) is 15.6. The lowest BCUT2D eigenvalue weighted by Gasteiger charge is -2.23. The van der Waals surface area contributed by atoms with Crippen molar-refractivity contribution in [3.8, 4) is 0 Å². The largest absolute Gasteiger partial charge is 0.390 e. The molecule has 0 bridgehead atoms. The van der Waals surface area contributed by atoms with Crippen LogP contribution in [0.25, 0.3) is 43.6 Å². The van der Waals surface area contributed by atoms with Crippen molar-refractivity contribution in [1.82, 2.24) is 14.5 Å². The minimum Gasteiger partial charge on any atom is -0.390 e. The van der Waals surface area contributed by atoms with Crippen LogP contribution in [0.1, 0.15) is 34.6 Å². The number of benzene rings is 3. The van der Waals surface area contributed by atoms with Gasteiger partial charge in [0.05, 0.1) is 34.8 Å². The van der Waals surface area contributed by atoms with Gasteiger partial charge in [0.25, 0.3) is 0 Å². The van der Waals surface area contributed by atoms with Crippen molar-refractivity contribution in [2.75, 3.05) is 19.6 Å². The number of fused-ring (bicyclic) bond motifs is 10. The van der Waals surface area contributed by atoms with Crippen LogP contribution < -0.4 is 0 Å². The molecule has 7 nitrogen and oxygen atoms in total. The first-order valence-electron chi connectivity index (χ1n) is 11.7. The van der Waals surface area contributed by atoms with E-state index in [2.05, 4.69) is 28.3 Å². The number of ether oxygens (including phenoxy) is 1. The average Bonchev–Trinajstić information content (AvgIpc) is 3.47. The fourth-order valence-corrected chi connectivity index (χ4v) is 5.48. The maximum Gasteiger partial charge on any atom is 0.347 e. The topological polar surface area (TPSA) is 87.6 Å². The number of cyclic esters (lactones) is 2. The fraction of sp³-hybridized carbons (Fsp3) is 0.259. The van der Waals surface area contributed by atoms with Crippen LogP contribution in [0.3, 0.4) is 0 Å². The molecule has 6 rings (SSSR count). The molecule has 1 unspecified atom stereocenters. The van der Waals surface area contributed by atoms with Gasteiger partial charge in [-0.25, -0.2) is 9.59 Å². The van der Waals surface area contributed by atoms with E-state index in [1.807, 2.05) is 48.5 Å². The van der Waals surface area contributed by atoms with Gasteiger partial charge < -0.3 is 24.3 Å². The van der Waals surface area contributed by atoms with E-state index in [9.17, 15) is 14.7 Å². The molecule has 3 heterocycles. The summed E-state index contributed by atoms with van der Waals surface area (Å²) < 4.78 is 7.21. The molecular weight excluding hydrogens is 430 g/mol. The van der Waals surface area contributed by atoms with Crippen LogP contribution in [0.15, 0.2) is 48.5 Å². The molecule has 0 spiro atoms. The molecule has 5 aromatic rings. The van der Waals surface area contributed by atoms with Crippen LogP contribution in [0.5, 0.6) is 0 Å². The number of aliphatic hydroxyl groups excluding tert-OH is 1. The van der Waals surface area contributed by atoms with Gasteiger partial charge in [0.2, 0.25) is 0 Å².